The third-order valence-corrected chi connectivity index (χ3v) is 3.95. The number of hydrogen-bond acceptors (Lipinski definition) is 2. The highest BCUT2D eigenvalue weighted by atomic mass is 19.1. The molecule has 0 aliphatic carbocycles. The number of fused-ring (bicyclic) bond motifs is 1. The topological polar surface area (TPSA) is 50.9 Å². The number of benzene rings is 1. The van der Waals surface area contributed by atoms with Gasteiger partial charge in [0.25, 0.3) is 0 Å². The highest BCUT2D eigenvalue weighted by Gasteiger charge is 2.25. The van der Waals surface area contributed by atoms with Gasteiger partial charge in [-0.2, -0.15) is 0 Å². The summed E-state index contributed by atoms with van der Waals surface area (Å²) in [5, 5.41) is 0. The smallest absolute Gasteiger partial charge is 0.191 e. The van der Waals surface area contributed by atoms with Crippen molar-refractivity contribution in [2.24, 2.45) is 10.7 Å². The molecule has 1 aromatic carbocycles. The summed E-state index contributed by atoms with van der Waals surface area (Å²) in [6, 6.07) is 4.36. The lowest BCUT2D eigenvalue weighted by Crippen LogP contribution is -2.38. The molecule has 1 unspecified atom stereocenters. The lowest BCUT2D eigenvalue weighted by Gasteiger charge is -2.22. The number of aliphatic imine (C=N–C) groups is 1. The van der Waals surface area contributed by atoms with Gasteiger partial charge in [0.2, 0.25) is 0 Å². The first kappa shape index (κ1) is 13.2. The second-order valence-corrected chi connectivity index (χ2v) is 5.40. The van der Waals surface area contributed by atoms with Crippen LogP contribution in [0.1, 0.15) is 37.3 Å². The van der Waals surface area contributed by atoms with E-state index in [1.807, 2.05) is 0 Å². The summed E-state index contributed by atoms with van der Waals surface area (Å²) in [5.41, 5.74) is 6.91. The Balaban J connectivity index is 1.77. The summed E-state index contributed by atoms with van der Waals surface area (Å²) in [7, 11) is 0. The van der Waals surface area contributed by atoms with Crippen molar-refractivity contribution < 1.29 is 9.13 Å². The van der Waals surface area contributed by atoms with Crippen LogP contribution >= 0.6 is 0 Å². The zero-order valence-electron chi connectivity index (χ0n) is 11.5. The highest BCUT2D eigenvalue weighted by molar-refractivity contribution is 5.78. The minimum atomic E-state index is -0.261. The molecule has 20 heavy (non-hydrogen) atoms. The molecule has 108 valence electrons. The van der Waals surface area contributed by atoms with Crippen molar-refractivity contribution in [1.29, 1.82) is 0 Å². The molecule has 5 heteroatoms. The number of halogens is 1. The van der Waals surface area contributed by atoms with Gasteiger partial charge in [-0.3, -0.25) is 0 Å². The molecule has 2 heterocycles. The van der Waals surface area contributed by atoms with Gasteiger partial charge in [0.05, 0.1) is 0 Å². The van der Waals surface area contributed by atoms with E-state index in [0.29, 0.717) is 18.3 Å². The van der Waals surface area contributed by atoms with Crippen molar-refractivity contribution in [3.05, 3.63) is 29.6 Å². The molecule has 2 N–H and O–H groups in total. The molecule has 0 saturated carbocycles. The van der Waals surface area contributed by atoms with E-state index in [2.05, 4.69) is 9.89 Å². The number of ether oxygens (including phenoxy) is 1. The molecule has 0 aromatic heterocycles. The second-order valence-electron chi connectivity index (χ2n) is 5.40. The molecule has 1 aromatic rings. The van der Waals surface area contributed by atoms with Gasteiger partial charge in [-0.1, -0.05) is 12.8 Å². The Morgan fingerprint density at radius 3 is 2.75 bits per heavy atom. The summed E-state index contributed by atoms with van der Waals surface area (Å²) < 4.78 is 18.9. The van der Waals surface area contributed by atoms with Crippen LogP contribution in [0.15, 0.2) is 23.2 Å². The third-order valence-electron chi connectivity index (χ3n) is 3.95. The summed E-state index contributed by atoms with van der Waals surface area (Å²) in [6.07, 6.45) is 4.82. The zero-order valence-corrected chi connectivity index (χ0v) is 11.5. The predicted octanol–water partition coefficient (Wildman–Crippen LogP) is 2.45. The molecule has 2 aliphatic heterocycles. The quantitative estimate of drug-likeness (QED) is 0.633. The van der Waals surface area contributed by atoms with E-state index in [9.17, 15) is 4.39 Å². The number of nitrogens with two attached hydrogens (primary N) is 1. The number of nitrogens with zero attached hydrogens (tertiary/aromatic N) is 2. The number of hydrogen-bond donors (Lipinski definition) is 1. The van der Waals surface area contributed by atoms with Gasteiger partial charge in [-0.25, -0.2) is 9.38 Å². The Kier molecular flexibility index (Phi) is 3.76. The first-order valence-electron chi connectivity index (χ1n) is 7.24. The van der Waals surface area contributed by atoms with Crippen LogP contribution in [0.5, 0.6) is 5.75 Å². The van der Waals surface area contributed by atoms with Crippen molar-refractivity contribution in [1.82, 2.24) is 4.90 Å². The van der Waals surface area contributed by atoms with Gasteiger partial charge in [-0.05, 0) is 31.0 Å². The molecule has 2 aliphatic rings. The van der Waals surface area contributed by atoms with Crippen molar-refractivity contribution in [2.75, 3.05) is 19.7 Å². The molecular weight excluding hydrogens is 257 g/mol. The fraction of sp³-hybridized carbons (Fsp3) is 0.533. The van der Waals surface area contributed by atoms with Gasteiger partial charge < -0.3 is 15.4 Å². The number of guanidine groups is 1. The summed E-state index contributed by atoms with van der Waals surface area (Å²) in [6.45, 7) is 2.35. The van der Waals surface area contributed by atoms with Crippen molar-refractivity contribution in [2.45, 2.75) is 31.7 Å². The molecule has 4 nitrogen and oxygen atoms in total. The van der Waals surface area contributed by atoms with Gasteiger partial charge in [0, 0.05) is 18.7 Å². The minimum Gasteiger partial charge on any atom is -0.491 e. The Morgan fingerprint density at radius 2 is 2.00 bits per heavy atom. The SMILES string of the molecule is NC(=NC1COc2ccc(F)cc21)N1CCCCCC1. The minimum absolute atomic E-state index is 0.191. The molecular formula is C15H20FN3O. The van der Waals surface area contributed by atoms with Crippen LogP contribution in [-0.4, -0.2) is 30.6 Å². The van der Waals surface area contributed by atoms with Crippen molar-refractivity contribution in [3.63, 3.8) is 0 Å². The molecule has 0 spiro atoms. The van der Waals surface area contributed by atoms with Gasteiger partial charge in [-0.15, -0.1) is 0 Å². The van der Waals surface area contributed by atoms with Gasteiger partial charge in [0.15, 0.2) is 5.96 Å². The van der Waals surface area contributed by atoms with Crippen molar-refractivity contribution in [3.8, 4) is 5.75 Å². The summed E-state index contributed by atoms with van der Waals surface area (Å²) >= 11 is 0. The molecule has 0 bridgehead atoms. The maximum atomic E-state index is 13.3. The Hall–Kier alpha value is -1.78. The van der Waals surface area contributed by atoms with E-state index >= 15 is 0 Å². The normalized spacial score (nSPS) is 23.1. The van der Waals surface area contributed by atoms with E-state index in [-0.39, 0.29) is 11.9 Å². The Morgan fingerprint density at radius 1 is 1.25 bits per heavy atom. The van der Waals surface area contributed by atoms with E-state index in [1.165, 1.54) is 25.0 Å². The molecule has 0 radical (unpaired) electrons. The lowest BCUT2D eigenvalue weighted by atomic mass is 10.1. The Bertz CT molecular complexity index is 510. The van der Waals surface area contributed by atoms with Gasteiger partial charge >= 0.3 is 0 Å². The van der Waals surface area contributed by atoms with Crippen LogP contribution in [-0.2, 0) is 0 Å². The number of rotatable bonds is 1. The van der Waals surface area contributed by atoms with E-state index in [0.717, 1.165) is 31.5 Å². The first-order valence-corrected chi connectivity index (χ1v) is 7.24. The average Bonchev–Trinajstić information content (AvgIpc) is 2.67. The lowest BCUT2D eigenvalue weighted by molar-refractivity contribution is 0.331. The molecule has 1 saturated heterocycles. The maximum absolute atomic E-state index is 13.3. The van der Waals surface area contributed by atoms with Crippen LogP contribution < -0.4 is 10.5 Å². The maximum Gasteiger partial charge on any atom is 0.191 e. The monoisotopic (exact) mass is 277 g/mol. The predicted molar refractivity (Wildman–Crippen MR) is 76.3 cm³/mol. The van der Waals surface area contributed by atoms with Crippen molar-refractivity contribution >= 4 is 5.96 Å². The second kappa shape index (κ2) is 5.69. The van der Waals surface area contributed by atoms with E-state index < -0.39 is 0 Å². The fourth-order valence-corrected chi connectivity index (χ4v) is 2.82. The number of likely N-dealkylation sites (tertiary alicyclic amines) is 1. The largest absolute Gasteiger partial charge is 0.491 e. The van der Waals surface area contributed by atoms with Crippen LogP contribution in [0.3, 0.4) is 0 Å². The fourth-order valence-electron chi connectivity index (χ4n) is 2.82. The third kappa shape index (κ3) is 2.71. The molecule has 1 atom stereocenters. The summed E-state index contributed by atoms with van der Waals surface area (Å²) in [5.74, 6) is 1.00. The standard InChI is InChI=1S/C15H20FN3O/c16-11-5-6-14-12(9-11)13(10-20-14)18-15(17)19-7-3-1-2-4-8-19/h5-6,9,13H,1-4,7-8,10H2,(H2,17,18). The van der Waals surface area contributed by atoms with E-state index in [4.69, 9.17) is 10.5 Å². The van der Waals surface area contributed by atoms with E-state index in [1.54, 1.807) is 6.07 Å². The summed E-state index contributed by atoms with van der Waals surface area (Å²) in [4.78, 5) is 6.68. The molecule has 3 rings (SSSR count). The Labute approximate surface area is 118 Å². The first-order chi connectivity index (χ1) is 9.74. The van der Waals surface area contributed by atoms with Crippen LogP contribution in [0.25, 0.3) is 0 Å². The molecule has 1 fully saturated rings. The van der Waals surface area contributed by atoms with Crippen LogP contribution in [0, 0.1) is 5.82 Å². The van der Waals surface area contributed by atoms with Gasteiger partial charge in [0.1, 0.15) is 24.2 Å². The van der Waals surface area contributed by atoms with Crippen LogP contribution in [0.4, 0.5) is 4.39 Å². The zero-order chi connectivity index (χ0) is 13.9. The van der Waals surface area contributed by atoms with Crippen LogP contribution in [0.2, 0.25) is 0 Å². The molecule has 0 amide bonds. The highest BCUT2D eigenvalue weighted by Crippen LogP contribution is 2.35. The average molecular weight is 277 g/mol.